The van der Waals surface area contributed by atoms with Gasteiger partial charge in [-0.15, -0.1) is 0 Å². The minimum atomic E-state index is 0.309. The summed E-state index contributed by atoms with van der Waals surface area (Å²) in [5.41, 5.74) is 2.27. The fourth-order valence-electron chi connectivity index (χ4n) is 1.05. The van der Waals surface area contributed by atoms with Crippen molar-refractivity contribution in [3.05, 3.63) is 0 Å². The van der Waals surface area contributed by atoms with E-state index in [9.17, 15) is 0 Å². The van der Waals surface area contributed by atoms with E-state index in [0.717, 1.165) is 5.92 Å². The van der Waals surface area contributed by atoms with Gasteiger partial charge in [0.1, 0.15) is 0 Å². The molecule has 0 heterocycles. The van der Waals surface area contributed by atoms with E-state index in [4.69, 9.17) is 5.21 Å². The molecule has 1 aliphatic carbocycles. The molecule has 1 fully saturated rings. The molecule has 0 aromatic heterocycles. The highest BCUT2D eigenvalue weighted by molar-refractivity contribution is 4.76. The van der Waals surface area contributed by atoms with Crippen molar-refractivity contribution in [3.8, 4) is 0 Å². The number of hydroxylamine groups is 1. The van der Waals surface area contributed by atoms with Crippen LogP contribution in [0.15, 0.2) is 0 Å². The molecule has 0 spiro atoms. The molecular weight excluding hydrogens is 102 g/mol. The van der Waals surface area contributed by atoms with Crippen molar-refractivity contribution < 1.29 is 5.21 Å². The molecule has 1 atom stereocenters. The van der Waals surface area contributed by atoms with Gasteiger partial charge in [-0.1, -0.05) is 6.42 Å². The fourth-order valence-corrected chi connectivity index (χ4v) is 1.05. The predicted molar refractivity (Wildman–Crippen MR) is 31.7 cm³/mol. The topological polar surface area (TPSA) is 32.3 Å². The van der Waals surface area contributed by atoms with Gasteiger partial charge in [0.2, 0.25) is 0 Å². The molecule has 0 amide bonds. The van der Waals surface area contributed by atoms with Crippen molar-refractivity contribution in [3.63, 3.8) is 0 Å². The summed E-state index contributed by atoms with van der Waals surface area (Å²) in [6, 6.07) is 0.309. The maximum atomic E-state index is 8.42. The molecule has 8 heavy (non-hydrogen) atoms. The first-order valence-corrected chi connectivity index (χ1v) is 3.24. The molecule has 48 valence electrons. The van der Waals surface area contributed by atoms with Crippen LogP contribution in [0.25, 0.3) is 0 Å². The molecule has 0 aromatic carbocycles. The van der Waals surface area contributed by atoms with Crippen LogP contribution in [0.5, 0.6) is 0 Å². The number of hydrogen-bond donors (Lipinski definition) is 2. The van der Waals surface area contributed by atoms with Gasteiger partial charge in [0.25, 0.3) is 0 Å². The van der Waals surface area contributed by atoms with E-state index < -0.39 is 0 Å². The molecule has 2 heteroatoms. The Morgan fingerprint density at radius 2 is 2.25 bits per heavy atom. The van der Waals surface area contributed by atoms with Crippen molar-refractivity contribution in [2.45, 2.75) is 32.2 Å². The van der Waals surface area contributed by atoms with Crippen molar-refractivity contribution in [2.24, 2.45) is 5.92 Å². The van der Waals surface area contributed by atoms with E-state index in [1.165, 1.54) is 19.3 Å². The average molecular weight is 115 g/mol. The highest BCUT2D eigenvalue weighted by atomic mass is 16.5. The molecule has 2 nitrogen and oxygen atoms in total. The zero-order chi connectivity index (χ0) is 5.98. The van der Waals surface area contributed by atoms with Crippen molar-refractivity contribution >= 4 is 0 Å². The van der Waals surface area contributed by atoms with Gasteiger partial charge in [-0.05, 0) is 25.7 Å². The van der Waals surface area contributed by atoms with Crippen LogP contribution in [0.1, 0.15) is 26.2 Å². The summed E-state index contributed by atoms with van der Waals surface area (Å²) in [7, 11) is 0. The summed E-state index contributed by atoms with van der Waals surface area (Å²) in [6.45, 7) is 2.02. The molecule has 1 unspecified atom stereocenters. The molecule has 0 bridgehead atoms. The Labute approximate surface area is 49.9 Å². The Balaban J connectivity index is 2.13. The van der Waals surface area contributed by atoms with Crippen LogP contribution < -0.4 is 5.48 Å². The van der Waals surface area contributed by atoms with Crippen LogP contribution in [0, 0.1) is 5.92 Å². The summed E-state index contributed by atoms with van der Waals surface area (Å²) >= 11 is 0. The molecule has 0 saturated heterocycles. The third-order valence-electron chi connectivity index (χ3n) is 2.06. The van der Waals surface area contributed by atoms with E-state index in [1.54, 1.807) is 0 Å². The molecule has 0 radical (unpaired) electrons. The van der Waals surface area contributed by atoms with Gasteiger partial charge >= 0.3 is 0 Å². The average Bonchev–Trinajstić information content (AvgIpc) is 1.62. The maximum Gasteiger partial charge on any atom is 0.0319 e. The van der Waals surface area contributed by atoms with Crippen LogP contribution in [-0.4, -0.2) is 11.2 Å². The lowest BCUT2D eigenvalue weighted by atomic mass is 9.81. The van der Waals surface area contributed by atoms with Gasteiger partial charge in [0.15, 0.2) is 0 Å². The minimum absolute atomic E-state index is 0.309. The van der Waals surface area contributed by atoms with E-state index in [1.807, 2.05) is 6.92 Å². The Morgan fingerprint density at radius 3 is 2.38 bits per heavy atom. The standard InChI is InChI=1S/C6H13NO/c1-5(7-8)6-3-2-4-6/h5-8H,2-4H2,1H3. The number of hydrogen-bond acceptors (Lipinski definition) is 2. The maximum absolute atomic E-state index is 8.42. The molecule has 0 aliphatic heterocycles. The summed E-state index contributed by atoms with van der Waals surface area (Å²) in [6.07, 6.45) is 3.92. The summed E-state index contributed by atoms with van der Waals surface area (Å²) in [4.78, 5) is 0. The molecule has 1 aliphatic rings. The van der Waals surface area contributed by atoms with Gasteiger partial charge in [0.05, 0.1) is 0 Å². The van der Waals surface area contributed by atoms with E-state index in [2.05, 4.69) is 5.48 Å². The summed E-state index contributed by atoms with van der Waals surface area (Å²) < 4.78 is 0. The normalized spacial score (nSPS) is 24.8. The fraction of sp³-hybridized carbons (Fsp3) is 1.00. The first kappa shape index (κ1) is 6.05. The lowest BCUT2D eigenvalue weighted by Crippen LogP contribution is -2.34. The summed E-state index contributed by atoms with van der Waals surface area (Å²) in [5.74, 6) is 0.736. The molecule has 1 saturated carbocycles. The highest BCUT2D eigenvalue weighted by Gasteiger charge is 2.22. The van der Waals surface area contributed by atoms with Gasteiger partial charge in [-0.25, -0.2) is 5.48 Å². The largest absolute Gasteiger partial charge is 0.317 e. The first-order valence-electron chi connectivity index (χ1n) is 3.24. The zero-order valence-electron chi connectivity index (χ0n) is 5.22. The molecular formula is C6H13NO. The second kappa shape index (κ2) is 2.46. The lowest BCUT2D eigenvalue weighted by molar-refractivity contribution is 0.0800. The Morgan fingerprint density at radius 1 is 1.62 bits per heavy atom. The minimum Gasteiger partial charge on any atom is -0.317 e. The number of rotatable bonds is 2. The van der Waals surface area contributed by atoms with Crippen LogP contribution >= 0.6 is 0 Å². The van der Waals surface area contributed by atoms with E-state index in [-0.39, 0.29) is 0 Å². The third kappa shape index (κ3) is 1.01. The van der Waals surface area contributed by atoms with Gasteiger partial charge in [0, 0.05) is 6.04 Å². The van der Waals surface area contributed by atoms with Crippen molar-refractivity contribution in [2.75, 3.05) is 0 Å². The van der Waals surface area contributed by atoms with E-state index >= 15 is 0 Å². The molecule has 2 N–H and O–H groups in total. The first-order chi connectivity index (χ1) is 3.84. The highest BCUT2D eigenvalue weighted by Crippen LogP contribution is 2.28. The third-order valence-corrected chi connectivity index (χ3v) is 2.06. The second-order valence-corrected chi connectivity index (χ2v) is 2.61. The predicted octanol–water partition coefficient (Wildman–Crippen LogP) is 1.15. The lowest BCUT2D eigenvalue weighted by Gasteiger charge is -2.30. The Bertz CT molecular complexity index is 68.2. The Kier molecular flexibility index (Phi) is 1.86. The quantitative estimate of drug-likeness (QED) is 0.529. The smallest absolute Gasteiger partial charge is 0.0319 e. The summed E-state index contributed by atoms with van der Waals surface area (Å²) in [5, 5.41) is 8.42. The van der Waals surface area contributed by atoms with Gasteiger partial charge in [-0.3, -0.25) is 0 Å². The van der Waals surface area contributed by atoms with Gasteiger partial charge in [-0.2, -0.15) is 0 Å². The van der Waals surface area contributed by atoms with Crippen LogP contribution in [0.2, 0.25) is 0 Å². The van der Waals surface area contributed by atoms with Crippen molar-refractivity contribution in [1.29, 1.82) is 0 Å². The second-order valence-electron chi connectivity index (χ2n) is 2.61. The molecule has 0 aromatic rings. The Hall–Kier alpha value is -0.0800. The van der Waals surface area contributed by atoms with Crippen LogP contribution in [-0.2, 0) is 0 Å². The number of nitrogens with one attached hydrogen (secondary N) is 1. The van der Waals surface area contributed by atoms with E-state index in [0.29, 0.717) is 6.04 Å². The van der Waals surface area contributed by atoms with Crippen LogP contribution in [0.4, 0.5) is 0 Å². The van der Waals surface area contributed by atoms with Crippen LogP contribution in [0.3, 0.4) is 0 Å². The molecule has 1 rings (SSSR count). The zero-order valence-corrected chi connectivity index (χ0v) is 5.22. The monoisotopic (exact) mass is 115 g/mol. The van der Waals surface area contributed by atoms with Gasteiger partial charge < -0.3 is 5.21 Å². The van der Waals surface area contributed by atoms with Crippen molar-refractivity contribution in [1.82, 2.24) is 5.48 Å². The SMILES string of the molecule is CC(NO)C1CCC1.